The highest BCUT2D eigenvalue weighted by Gasteiger charge is 2.13. The highest BCUT2D eigenvalue weighted by atomic mass is 32.1. The minimum atomic E-state index is 0.293. The Balaban J connectivity index is 2.34. The molecule has 2 rings (SSSR count). The zero-order chi connectivity index (χ0) is 13.0. The van der Waals surface area contributed by atoms with Crippen LogP contribution in [0.2, 0.25) is 0 Å². The van der Waals surface area contributed by atoms with Crippen molar-refractivity contribution in [3.8, 4) is 0 Å². The normalized spacial score (nSPS) is 12.4. The first-order chi connectivity index (χ1) is 8.72. The Kier molecular flexibility index (Phi) is 4.39. The van der Waals surface area contributed by atoms with E-state index in [1.807, 2.05) is 0 Å². The molecule has 0 bridgehead atoms. The molecule has 0 radical (unpaired) electrons. The number of rotatable bonds is 5. The molecular weight excluding hydrogens is 240 g/mol. The first-order valence-corrected chi connectivity index (χ1v) is 7.19. The van der Waals surface area contributed by atoms with E-state index in [-0.39, 0.29) is 0 Å². The van der Waals surface area contributed by atoms with E-state index in [0.717, 1.165) is 6.54 Å². The van der Waals surface area contributed by atoms with E-state index < -0.39 is 0 Å². The minimum Gasteiger partial charge on any atom is -0.378 e. The fraction of sp³-hybridized carbons (Fsp3) is 0.333. The van der Waals surface area contributed by atoms with Crippen LogP contribution in [0.15, 0.2) is 41.1 Å². The Bertz CT molecular complexity index is 477. The Morgan fingerprint density at radius 3 is 2.67 bits per heavy atom. The van der Waals surface area contributed by atoms with Crippen LogP contribution in [0.1, 0.15) is 24.1 Å². The maximum atomic E-state index is 3.56. The van der Waals surface area contributed by atoms with Crippen LogP contribution < -0.4 is 10.2 Å². The molecule has 0 aliphatic carbocycles. The van der Waals surface area contributed by atoms with Gasteiger partial charge in [-0.05, 0) is 46.6 Å². The molecule has 1 aromatic carbocycles. The van der Waals surface area contributed by atoms with Gasteiger partial charge in [-0.3, -0.25) is 0 Å². The highest BCUT2D eigenvalue weighted by Crippen LogP contribution is 2.26. The van der Waals surface area contributed by atoms with Gasteiger partial charge in [0, 0.05) is 19.8 Å². The van der Waals surface area contributed by atoms with Crippen LogP contribution in [0.4, 0.5) is 5.69 Å². The van der Waals surface area contributed by atoms with Gasteiger partial charge < -0.3 is 10.2 Å². The molecule has 0 aliphatic heterocycles. The molecule has 0 amide bonds. The van der Waals surface area contributed by atoms with Crippen LogP contribution >= 0.6 is 11.3 Å². The van der Waals surface area contributed by atoms with Crippen molar-refractivity contribution >= 4 is 17.0 Å². The number of anilines is 1. The molecule has 0 saturated heterocycles. The number of nitrogens with one attached hydrogen (secondary N) is 1. The largest absolute Gasteiger partial charge is 0.378 e. The van der Waals surface area contributed by atoms with E-state index in [1.165, 1.54) is 16.8 Å². The van der Waals surface area contributed by atoms with Crippen LogP contribution in [0.5, 0.6) is 0 Å². The molecule has 1 atom stereocenters. The molecule has 0 fully saturated rings. The summed E-state index contributed by atoms with van der Waals surface area (Å²) in [6.45, 7) is 3.11. The lowest BCUT2D eigenvalue weighted by Gasteiger charge is -2.20. The molecule has 2 aromatic rings. The van der Waals surface area contributed by atoms with Crippen LogP contribution in [0.3, 0.4) is 0 Å². The van der Waals surface area contributed by atoms with E-state index >= 15 is 0 Å². The quantitative estimate of drug-likeness (QED) is 0.885. The fourth-order valence-electron chi connectivity index (χ4n) is 2.05. The smallest absolute Gasteiger partial charge is 0.0585 e. The Morgan fingerprint density at radius 2 is 2.06 bits per heavy atom. The van der Waals surface area contributed by atoms with Crippen LogP contribution in [-0.4, -0.2) is 20.6 Å². The Hall–Kier alpha value is -1.32. The summed E-state index contributed by atoms with van der Waals surface area (Å²) >= 11 is 1.75. The second kappa shape index (κ2) is 6.03. The van der Waals surface area contributed by atoms with Gasteiger partial charge in [0.1, 0.15) is 0 Å². The Morgan fingerprint density at radius 1 is 1.22 bits per heavy atom. The lowest BCUT2D eigenvalue weighted by molar-refractivity contribution is 0.632. The summed E-state index contributed by atoms with van der Waals surface area (Å²) < 4.78 is 0. The van der Waals surface area contributed by atoms with Gasteiger partial charge in [0.05, 0.1) is 6.04 Å². The SMILES string of the molecule is CCNC(c1ccsc1)c1cccc(N(C)C)c1. The molecule has 96 valence electrons. The summed E-state index contributed by atoms with van der Waals surface area (Å²) in [6.07, 6.45) is 0. The van der Waals surface area contributed by atoms with Gasteiger partial charge in [0.25, 0.3) is 0 Å². The third kappa shape index (κ3) is 2.92. The van der Waals surface area contributed by atoms with Gasteiger partial charge >= 0.3 is 0 Å². The van der Waals surface area contributed by atoms with Gasteiger partial charge in [-0.15, -0.1) is 0 Å². The number of nitrogens with zero attached hydrogens (tertiary/aromatic N) is 1. The second-order valence-electron chi connectivity index (χ2n) is 4.54. The van der Waals surface area contributed by atoms with Gasteiger partial charge in [0.15, 0.2) is 0 Å². The van der Waals surface area contributed by atoms with Gasteiger partial charge in [-0.25, -0.2) is 0 Å². The highest BCUT2D eigenvalue weighted by molar-refractivity contribution is 7.08. The fourth-order valence-corrected chi connectivity index (χ4v) is 2.74. The molecule has 1 heterocycles. The lowest BCUT2D eigenvalue weighted by atomic mass is 10.0. The number of hydrogen-bond donors (Lipinski definition) is 1. The number of hydrogen-bond acceptors (Lipinski definition) is 3. The molecule has 0 aliphatic rings. The van der Waals surface area contributed by atoms with Crippen molar-refractivity contribution in [1.29, 1.82) is 0 Å². The first kappa shape index (κ1) is 13.1. The third-order valence-corrected chi connectivity index (χ3v) is 3.71. The van der Waals surface area contributed by atoms with Crippen molar-refractivity contribution in [1.82, 2.24) is 5.32 Å². The predicted molar refractivity (Wildman–Crippen MR) is 80.6 cm³/mol. The average molecular weight is 260 g/mol. The molecule has 1 N–H and O–H groups in total. The van der Waals surface area contributed by atoms with Crippen molar-refractivity contribution < 1.29 is 0 Å². The van der Waals surface area contributed by atoms with Crippen molar-refractivity contribution in [3.05, 3.63) is 52.2 Å². The molecule has 1 aromatic heterocycles. The third-order valence-electron chi connectivity index (χ3n) is 3.00. The molecular formula is C15H20N2S. The molecule has 1 unspecified atom stereocenters. The van der Waals surface area contributed by atoms with Crippen molar-refractivity contribution in [2.45, 2.75) is 13.0 Å². The van der Waals surface area contributed by atoms with Crippen molar-refractivity contribution in [2.24, 2.45) is 0 Å². The van der Waals surface area contributed by atoms with Gasteiger partial charge in [-0.2, -0.15) is 11.3 Å². The maximum absolute atomic E-state index is 3.56. The number of benzene rings is 1. The van der Waals surface area contributed by atoms with Crippen LogP contribution in [0, 0.1) is 0 Å². The maximum Gasteiger partial charge on any atom is 0.0585 e. The standard InChI is InChI=1S/C15H20N2S/c1-4-16-15(13-8-9-18-11-13)12-6-5-7-14(10-12)17(2)3/h5-11,15-16H,4H2,1-3H3. The van der Waals surface area contributed by atoms with Crippen LogP contribution in [0.25, 0.3) is 0 Å². The first-order valence-electron chi connectivity index (χ1n) is 6.25. The van der Waals surface area contributed by atoms with E-state index in [1.54, 1.807) is 11.3 Å². The molecule has 2 nitrogen and oxygen atoms in total. The van der Waals surface area contributed by atoms with E-state index in [4.69, 9.17) is 0 Å². The molecule has 3 heteroatoms. The molecule has 18 heavy (non-hydrogen) atoms. The van der Waals surface area contributed by atoms with Gasteiger partial charge in [0.2, 0.25) is 0 Å². The van der Waals surface area contributed by atoms with Crippen molar-refractivity contribution in [2.75, 3.05) is 25.5 Å². The lowest BCUT2D eigenvalue weighted by Crippen LogP contribution is -2.21. The second-order valence-corrected chi connectivity index (χ2v) is 5.32. The molecule has 0 saturated carbocycles. The molecule has 0 spiro atoms. The van der Waals surface area contributed by atoms with Gasteiger partial charge in [-0.1, -0.05) is 19.1 Å². The van der Waals surface area contributed by atoms with Crippen LogP contribution in [-0.2, 0) is 0 Å². The number of thiophene rings is 1. The zero-order valence-electron chi connectivity index (χ0n) is 11.2. The van der Waals surface area contributed by atoms with E-state index in [2.05, 4.69) is 72.3 Å². The van der Waals surface area contributed by atoms with Crippen molar-refractivity contribution in [3.63, 3.8) is 0 Å². The summed E-state index contributed by atoms with van der Waals surface area (Å²) in [5.74, 6) is 0. The minimum absolute atomic E-state index is 0.293. The summed E-state index contributed by atoms with van der Waals surface area (Å²) in [6, 6.07) is 11.2. The zero-order valence-corrected chi connectivity index (χ0v) is 12.0. The summed E-state index contributed by atoms with van der Waals surface area (Å²) in [5.41, 5.74) is 3.91. The van der Waals surface area contributed by atoms with E-state index in [0.29, 0.717) is 6.04 Å². The topological polar surface area (TPSA) is 15.3 Å². The monoisotopic (exact) mass is 260 g/mol. The Labute approximate surface area is 113 Å². The summed E-state index contributed by atoms with van der Waals surface area (Å²) in [4.78, 5) is 2.14. The van der Waals surface area contributed by atoms with E-state index in [9.17, 15) is 0 Å². The predicted octanol–water partition coefficient (Wildman–Crippen LogP) is 3.51. The summed E-state index contributed by atoms with van der Waals surface area (Å²) in [5, 5.41) is 7.91. The summed E-state index contributed by atoms with van der Waals surface area (Å²) in [7, 11) is 4.15. The average Bonchev–Trinajstić information content (AvgIpc) is 2.89.